The second-order valence-corrected chi connectivity index (χ2v) is 6.77. The molecule has 0 aromatic heterocycles. The van der Waals surface area contributed by atoms with Crippen molar-refractivity contribution in [3.63, 3.8) is 0 Å². The monoisotopic (exact) mass is 297 g/mol. The third-order valence-electron chi connectivity index (χ3n) is 3.38. The predicted octanol–water partition coefficient (Wildman–Crippen LogP) is -0.634. The highest BCUT2D eigenvalue weighted by atomic mass is 32.2. The van der Waals surface area contributed by atoms with E-state index in [1.165, 1.54) is 12.6 Å². The van der Waals surface area contributed by atoms with Crippen molar-refractivity contribution in [3.05, 3.63) is 35.4 Å². The minimum Gasteiger partial charge on any atom is -0.354 e. The molecule has 1 aromatic rings. The Bertz CT molecular complexity index is 586. The van der Waals surface area contributed by atoms with E-state index in [0.29, 0.717) is 13.0 Å². The molecule has 1 unspecified atom stereocenters. The van der Waals surface area contributed by atoms with E-state index in [4.69, 9.17) is 0 Å². The van der Waals surface area contributed by atoms with Gasteiger partial charge in [-0.1, -0.05) is 24.3 Å². The number of carbonyl (C=O) groups excluding carboxylic acids is 1. The third-order valence-corrected chi connectivity index (χ3v) is 4.74. The fourth-order valence-corrected chi connectivity index (χ4v) is 2.75. The number of fused-ring (bicyclic) bond motifs is 1. The van der Waals surface area contributed by atoms with Gasteiger partial charge in [-0.2, -0.15) is 0 Å². The number of sulfonamides is 1. The molecule has 0 aliphatic carbocycles. The first-order valence-corrected chi connectivity index (χ1v) is 8.16. The number of hydrogen-bond acceptors (Lipinski definition) is 4. The second-order valence-electron chi connectivity index (χ2n) is 4.72. The Balaban J connectivity index is 1.86. The lowest BCUT2D eigenvalue weighted by atomic mass is 9.95. The Kier molecular flexibility index (Phi) is 4.74. The van der Waals surface area contributed by atoms with Crippen molar-refractivity contribution in [1.29, 1.82) is 0 Å². The minimum absolute atomic E-state index is 0.113. The zero-order valence-electron chi connectivity index (χ0n) is 11.3. The van der Waals surface area contributed by atoms with Crippen molar-refractivity contribution in [3.8, 4) is 0 Å². The minimum atomic E-state index is -3.28. The zero-order valence-corrected chi connectivity index (χ0v) is 12.2. The molecule has 110 valence electrons. The Morgan fingerprint density at radius 3 is 2.75 bits per heavy atom. The molecule has 0 radical (unpaired) electrons. The molecule has 7 heteroatoms. The van der Waals surface area contributed by atoms with E-state index in [9.17, 15) is 13.2 Å². The second kappa shape index (κ2) is 6.34. The summed E-state index contributed by atoms with van der Waals surface area (Å²) in [6.07, 6.45) is 0.626. The Morgan fingerprint density at radius 1 is 1.35 bits per heavy atom. The Labute approximate surface area is 119 Å². The van der Waals surface area contributed by atoms with E-state index in [1.807, 2.05) is 24.3 Å². The van der Waals surface area contributed by atoms with Crippen LogP contribution in [0.4, 0.5) is 0 Å². The molecule has 0 fully saturated rings. The maximum atomic E-state index is 12.0. The maximum Gasteiger partial charge on any atom is 0.237 e. The Morgan fingerprint density at radius 2 is 2.05 bits per heavy atom. The molecule has 1 aliphatic rings. The van der Waals surface area contributed by atoms with E-state index in [-0.39, 0.29) is 24.2 Å². The predicted molar refractivity (Wildman–Crippen MR) is 76.6 cm³/mol. The van der Waals surface area contributed by atoms with Crippen molar-refractivity contribution >= 4 is 15.9 Å². The molecule has 1 atom stereocenters. The molecule has 1 aromatic carbocycles. The standard InChI is InChI=1S/C13H19N3O3S/c1-14-20(18,19)7-6-15-13(17)12-8-10-4-2-3-5-11(10)9-16-12/h2-5,12,14,16H,6-9H2,1H3,(H,15,17). The van der Waals surface area contributed by atoms with Crippen molar-refractivity contribution < 1.29 is 13.2 Å². The Hall–Kier alpha value is -1.44. The lowest BCUT2D eigenvalue weighted by molar-refractivity contribution is -0.123. The number of amides is 1. The van der Waals surface area contributed by atoms with Crippen LogP contribution in [0.5, 0.6) is 0 Å². The first-order chi connectivity index (χ1) is 9.52. The highest BCUT2D eigenvalue weighted by molar-refractivity contribution is 7.89. The van der Waals surface area contributed by atoms with Crippen molar-refractivity contribution in [2.75, 3.05) is 19.3 Å². The highest BCUT2D eigenvalue weighted by Crippen LogP contribution is 2.16. The van der Waals surface area contributed by atoms with Gasteiger partial charge in [0.15, 0.2) is 0 Å². The summed E-state index contributed by atoms with van der Waals surface area (Å²) in [5, 5.41) is 5.81. The summed E-state index contributed by atoms with van der Waals surface area (Å²) in [4.78, 5) is 12.0. The molecule has 0 saturated heterocycles. The summed E-state index contributed by atoms with van der Waals surface area (Å²) < 4.78 is 24.7. The summed E-state index contributed by atoms with van der Waals surface area (Å²) >= 11 is 0. The van der Waals surface area contributed by atoms with Gasteiger partial charge in [-0.3, -0.25) is 4.79 Å². The number of benzene rings is 1. The highest BCUT2D eigenvalue weighted by Gasteiger charge is 2.23. The van der Waals surface area contributed by atoms with Gasteiger partial charge < -0.3 is 10.6 Å². The molecular weight excluding hydrogens is 278 g/mol. The number of hydrogen-bond donors (Lipinski definition) is 3. The SMILES string of the molecule is CNS(=O)(=O)CCNC(=O)C1Cc2ccccc2CN1. The van der Waals surface area contributed by atoms with Crippen LogP contribution in [0.3, 0.4) is 0 Å². The van der Waals surface area contributed by atoms with Gasteiger partial charge in [-0.05, 0) is 24.6 Å². The lowest BCUT2D eigenvalue weighted by Gasteiger charge is -2.25. The van der Waals surface area contributed by atoms with Crippen LogP contribution >= 0.6 is 0 Å². The van der Waals surface area contributed by atoms with Crippen molar-refractivity contribution in [2.45, 2.75) is 19.0 Å². The van der Waals surface area contributed by atoms with Crippen molar-refractivity contribution in [2.24, 2.45) is 0 Å². The van der Waals surface area contributed by atoms with Crippen LogP contribution in [0.25, 0.3) is 0 Å². The van der Waals surface area contributed by atoms with Crippen LogP contribution in [0.2, 0.25) is 0 Å². The summed E-state index contributed by atoms with van der Waals surface area (Å²) in [6, 6.07) is 7.68. The zero-order chi connectivity index (χ0) is 14.6. The maximum absolute atomic E-state index is 12.0. The van der Waals surface area contributed by atoms with Gasteiger partial charge >= 0.3 is 0 Å². The van der Waals surface area contributed by atoms with E-state index in [2.05, 4.69) is 15.4 Å². The average molecular weight is 297 g/mol. The van der Waals surface area contributed by atoms with Crippen LogP contribution in [-0.4, -0.2) is 39.7 Å². The quantitative estimate of drug-likeness (QED) is 0.675. The van der Waals surface area contributed by atoms with E-state index >= 15 is 0 Å². The normalized spacial score (nSPS) is 18.4. The molecule has 20 heavy (non-hydrogen) atoms. The molecule has 1 amide bonds. The van der Waals surface area contributed by atoms with Gasteiger partial charge in [0.25, 0.3) is 0 Å². The smallest absolute Gasteiger partial charge is 0.237 e. The molecule has 1 aliphatic heterocycles. The molecule has 6 nitrogen and oxygen atoms in total. The summed E-state index contributed by atoms with van der Waals surface area (Å²) in [5.74, 6) is -0.274. The van der Waals surface area contributed by atoms with E-state index < -0.39 is 10.0 Å². The van der Waals surface area contributed by atoms with Gasteiger partial charge in [0.1, 0.15) is 0 Å². The van der Waals surface area contributed by atoms with Gasteiger partial charge in [-0.25, -0.2) is 13.1 Å². The summed E-state index contributed by atoms with van der Waals surface area (Å²) in [7, 11) is -1.92. The number of rotatable bonds is 5. The topological polar surface area (TPSA) is 87.3 Å². The molecule has 3 N–H and O–H groups in total. The first-order valence-electron chi connectivity index (χ1n) is 6.51. The fraction of sp³-hybridized carbons (Fsp3) is 0.462. The van der Waals surface area contributed by atoms with Gasteiger partial charge in [0, 0.05) is 13.1 Å². The van der Waals surface area contributed by atoms with E-state index in [0.717, 1.165) is 5.56 Å². The first kappa shape index (κ1) is 15.0. The van der Waals surface area contributed by atoms with Gasteiger partial charge in [0.05, 0.1) is 11.8 Å². The van der Waals surface area contributed by atoms with Crippen LogP contribution in [-0.2, 0) is 27.8 Å². The van der Waals surface area contributed by atoms with Crippen LogP contribution in [0.15, 0.2) is 24.3 Å². The van der Waals surface area contributed by atoms with Gasteiger partial charge in [0.2, 0.25) is 15.9 Å². The van der Waals surface area contributed by atoms with Gasteiger partial charge in [-0.15, -0.1) is 0 Å². The number of carbonyl (C=O) groups is 1. The summed E-state index contributed by atoms with van der Waals surface area (Å²) in [5.41, 5.74) is 2.36. The average Bonchev–Trinajstić information content (AvgIpc) is 2.46. The van der Waals surface area contributed by atoms with Crippen LogP contribution in [0.1, 0.15) is 11.1 Å². The molecule has 1 heterocycles. The van der Waals surface area contributed by atoms with Crippen molar-refractivity contribution in [1.82, 2.24) is 15.4 Å². The molecule has 0 saturated carbocycles. The molecule has 0 spiro atoms. The lowest BCUT2D eigenvalue weighted by Crippen LogP contribution is -2.48. The van der Waals surface area contributed by atoms with Crippen LogP contribution < -0.4 is 15.4 Å². The van der Waals surface area contributed by atoms with Crippen LogP contribution in [0, 0.1) is 0 Å². The van der Waals surface area contributed by atoms with E-state index in [1.54, 1.807) is 0 Å². The molecule has 2 rings (SSSR count). The molecular formula is C13H19N3O3S. The largest absolute Gasteiger partial charge is 0.354 e. The fourth-order valence-electron chi connectivity index (χ4n) is 2.17. The third kappa shape index (κ3) is 3.78. The summed E-state index contributed by atoms with van der Waals surface area (Å²) in [6.45, 7) is 0.769. The number of nitrogens with one attached hydrogen (secondary N) is 3. The molecule has 0 bridgehead atoms.